The van der Waals surface area contributed by atoms with Crippen LogP contribution in [0.4, 0.5) is 0 Å². The molecule has 1 fully saturated rings. The SMILES string of the molecule is O=C(CCN1CCc2sccc2C1c1ccccc1)N1CCCN(C(=O)COc2ccccc2)CC1. The van der Waals surface area contributed by atoms with Crippen molar-refractivity contribution in [1.29, 1.82) is 0 Å². The van der Waals surface area contributed by atoms with E-state index in [0.717, 1.165) is 25.9 Å². The second-order valence-electron chi connectivity index (χ2n) is 9.37. The Morgan fingerprint density at radius 3 is 2.28 bits per heavy atom. The molecule has 5 rings (SSSR count). The van der Waals surface area contributed by atoms with E-state index in [-0.39, 0.29) is 24.5 Å². The molecule has 7 heteroatoms. The highest BCUT2D eigenvalue weighted by Crippen LogP contribution is 2.37. The van der Waals surface area contributed by atoms with E-state index in [2.05, 4.69) is 46.7 Å². The Morgan fingerprint density at radius 1 is 0.833 bits per heavy atom. The van der Waals surface area contributed by atoms with Crippen molar-refractivity contribution in [2.45, 2.75) is 25.3 Å². The number of benzene rings is 2. The molecule has 1 atom stereocenters. The molecule has 6 nitrogen and oxygen atoms in total. The van der Waals surface area contributed by atoms with Crippen LogP contribution in [0.25, 0.3) is 0 Å². The van der Waals surface area contributed by atoms with Crippen molar-refractivity contribution in [2.24, 2.45) is 0 Å². The molecular weight excluding hydrogens is 470 g/mol. The van der Waals surface area contributed by atoms with E-state index in [1.807, 2.05) is 51.5 Å². The molecule has 2 aliphatic rings. The average Bonchev–Trinajstić information content (AvgIpc) is 3.26. The quantitative estimate of drug-likeness (QED) is 0.484. The molecule has 188 valence electrons. The van der Waals surface area contributed by atoms with Crippen molar-refractivity contribution in [3.63, 3.8) is 0 Å². The van der Waals surface area contributed by atoms with Gasteiger partial charge in [0.15, 0.2) is 6.61 Å². The van der Waals surface area contributed by atoms with Crippen molar-refractivity contribution in [1.82, 2.24) is 14.7 Å². The highest BCUT2D eigenvalue weighted by Gasteiger charge is 2.30. The van der Waals surface area contributed by atoms with Crippen molar-refractivity contribution in [3.05, 3.63) is 88.1 Å². The van der Waals surface area contributed by atoms with Gasteiger partial charge in [-0.1, -0.05) is 48.5 Å². The van der Waals surface area contributed by atoms with E-state index in [4.69, 9.17) is 4.74 Å². The number of para-hydroxylation sites is 1. The van der Waals surface area contributed by atoms with E-state index in [9.17, 15) is 9.59 Å². The third-order valence-corrected chi connectivity index (χ3v) is 8.10. The molecule has 36 heavy (non-hydrogen) atoms. The minimum absolute atomic E-state index is 0.0262. The first-order valence-electron chi connectivity index (χ1n) is 12.8. The van der Waals surface area contributed by atoms with Gasteiger partial charge in [0.25, 0.3) is 5.91 Å². The monoisotopic (exact) mass is 503 g/mol. The lowest BCUT2D eigenvalue weighted by Gasteiger charge is -2.36. The highest BCUT2D eigenvalue weighted by atomic mass is 32.1. The number of carbonyl (C=O) groups is 2. The van der Waals surface area contributed by atoms with Gasteiger partial charge in [-0.3, -0.25) is 14.5 Å². The van der Waals surface area contributed by atoms with Gasteiger partial charge in [-0.2, -0.15) is 0 Å². The lowest BCUT2D eigenvalue weighted by molar-refractivity contribution is -0.135. The van der Waals surface area contributed by atoms with Gasteiger partial charge in [-0.05, 0) is 47.5 Å². The van der Waals surface area contributed by atoms with Crippen LogP contribution in [-0.4, -0.2) is 72.4 Å². The molecule has 0 bridgehead atoms. The van der Waals surface area contributed by atoms with Crippen LogP contribution in [0.5, 0.6) is 5.75 Å². The second kappa shape index (κ2) is 11.7. The zero-order chi connectivity index (χ0) is 24.7. The Bertz CT molecular complexity index is 1150. The molecule has 0 N–H and O–H groups in total. The minimum Gasteiger partial charge on any atom is -0.484 e. The fourth-order valence-electron chi connectivity index (χ4n) is 5.20. The topological polar surface area (TPSA) is 53.1 Å². The van der Waals surface area contributed by atoms with Gasteiger partial charge in [0.05, 0.1) is 6.04 Å². The van der Waals surface area contributed by atoms with Crippen LogP contribution in [0.15, 0.2) is 72.1 Å². The Hall–Kier alpha value is -3.16. The Balaban J connectivity index is 1.14. The first-order chi connectivity index (χ1) is 17.7. The molecule has 1 unspecified atom stereocenters. The third kappa shape index (κ3) is 5.79. The number of fused-ring (bicyclic) bond motifs is 1. The van der Waals surface area contributed by atoms with E-state index in [1.54, 1.807) is 0 Å². The van der Waals surface area contributed by atoms with Gasteiger partial charge >= 0.3 is 0 Å². The summed E-state index contributed by atoms with van der Waals surface area (Å²) in [7, 11) is 0. The van der Waals surface area contributed by atoms with Crippen LogP contribution in [-0.2, 0) is 16.0 Å². The number of carbonyl (C=O) groups excluding carboxylic acids is 2. The smallest absolute Gasteiger partial charge is 0.260 e. The number of hydrogen-bond donors (Lipinski definition) is 0. The first kappa shape index (κ1) is 24.5. The van der Waals surface area contributed by atoms with Crippen LogP contribution in [0.3, 0.4) is 0 Å². The number of hydrogen-bond acceptors (Lipinski definition) is 5. The third-order valence-electron chi connectivity index (χ3n) is 7.10. The van der Waals surface area contributed by atoms with Crippen LogP contribution in [0.1, 0.15) is 34.9 Å². The van der Waals surface area contributed by atoms with Gasteiger partial charge in [-0.15, -0.1) is 11.3 Å². The molecule has 3 heterocycles. The predicted octanol–water partition coefficient (Wildman–Crippen LogP) is 4.23. The lowest BCUT2D eigenvalue weighted by atomic mass is 9.93. The predicted molar refractivity (Wildman–Crippen MR) is 142 cm³/mol. The lowest BCUT2D eigenvalue weighted by Crippen LogP contribution is -2.41. The van der Waals surface area contributed by atoms with Crippen molar-refractivity contribution in [2.75, 3.05) is 45.9 Å². The number of rotatable bonds is 7. The van der Waals surface area contributed by atoms with Crippen LogP contribution in [0, 0.1) is 0 Å². The number of amides is 2. The average molecular weight is 504 g/mol. The van der Waals surface area contributed by atoms with Gasteiger partial charge < -0.3 is 14.5 Å². The summed E-state index contributed by atoms with van der Waals surface area (Å²) < 4.78 is 5.63. The Labute approximate surface area is 217 Å². The van der Waals surface area contributed by atoms with Gasteiger partial charge in [0.2, 0.25) is 5.91 Å². The van der Waals surface area contributed by atoms with Gasteiger partial charge in [-0.25, -0.2) is 0 Å². The maximum absolute atomic E-state index is 13.2. The molecule has 0 radical (unpaired) electrons. The summed E-state index contributed by atoms with van der Waals surface area (Å²) in [6.07, 6.45) is 2.32. The molecule has 2 amide bonds. The summed E-state index contributed by atoms with van der Waals surface area (Å²) in [6.45, 7) is 4.20. The van der Waals surface area contributed by atoms with Gasteiger partial charge in [0.1, 0.15) is 5.75 Å². The van der Waals surface area contributed by atoms with E-state index in [1.165, 1.54) is 16.0 Å². The maximum atomic E-state index is 13.2. The standard InChI is InChI=1S/C29H33N3O3S/c33-27(30-15-7-16-31(20-19-30)28(34)22-35-24-10-5-2-6-11-24)13-18-32-17-12-26-25(14-21-36-26)29(32)23-8-3-1-4-9-23/h1-6,8-11,14,21,29H,7,12-13,15-20,22H2. The van der Waals surface area contributed by atoms with Crippen molar-refractivity contribution >= 4 is 23.2 Å². The fraction of sp³-hybridized carbons (Fsp3) is 0.379. The van der Waals surface area contributed by atoms with Crippen LogP contribution >= 0.6 is 11.3 Å². The summed E-state index contributed by atoms with van der Waals surface area (Å²) in [5.74, 6) is 0.838. The summed E-state index contributed by atoms with van der Waals surface area (Å²) in [6, 6.07) is 22.5. The second-order valence-corrected chi connectivity index (χ2v) is 10.4. The molecule has 3 aromatic rings. The number of thiophene rings is 1. The Morgan fingerprint density at radius 2 is 1.53 bits per heavy atom. The molecule has 1 aromatic heterocycles. The van der Waals surface area contributed by atoms with Crippen LogP contribution < -0.4 is 4.74 Å². The van der Waals surface area contributed by atoms with Crippen molar-refractivity contribution in [3.8, 4) is 5.75 Å². The number of ether oxygens (including phenoxy) is 1. The zero-order valence-electron chi connectivity index (χ0n) is 20.6. The molecule has 0 spiro atoms. The normalized spacial score (nSPS) is 18.4. The molecule has 0 saturated carbocycles. The highest BCUT2D eigenvalue weighted by molar-refractivity contribution is 7.10. The summed E-state index contributed by atoms with van der Waals surface area (Å²) in [5, 5.41) is 2.18. The minimum atomic E-state index is -0.0289. The number of nitrogens with zero attached hydrogens (tertiary/aromatic N) is 3. The van der Waals surface area contributed by atoms with Crippen molar-refractivity contribution < 1.29 is 14.3 Å². The van der Waals surface area contributed by atoms with Gasteiger partial charge in [0, 0.05) is 50.6 Å². The van der Waals surface area contributed by atoms with E-state index >= 15 is 0 Å². The van der Waals surface area contributed by atoms with E-state index in [0.29, 0.717) is 38.3 Å². The summed E-state index contributed by atoms with van der Waals surface area (Å²) >= 11 is 1.84. The molecular formula is C29H33N3O3S. The molecule has 2 aromatic carbocycles. The molecule has 1 saturated heterocycles. The fourth-order valence-corrected chi connectivity index (χ4v) is 6.11. The zero-order valence-corrected chi connectivity index (χ0v) is 21.4. The summed E-state index contributed by atoms with van der Waals surface area (Å²) in [4.78, 5) is 33.5. The maximum Gasteiger partial charge on any atom is 0.260 e. The largest absolute Gasteiger partial charge is 0.484 e. The Kier molecular flexibility index (Phi) is 7.98. The first-order valence-corrected chi connectivity index (χ1v) is 13.7. The molecule has 2 aliphatic heterocycles. The molecule has 0 aliphatic carbocycles. The van der Waals surface area contributed by atoms with E-state index < -0.39 is 0 Å². The summed E-state index contributed by atoms with van der Waals surface area (Å²) in [5.41, 5.74) is 2.66. The van der Waals surface area contributed by atoms with Crippen LogP contribution in [0.2, 0.25) is 0 Å².